The third kappa shape index (κ3) is 5.41. The van der Waals surface area contributed by atoms with E-state index in [9.17, 15) is 12.6 Å². The van der Waals surface area contributed by atoms with Crippen LogP contribution in [-0.4, -0.2) is 48.2 Å². The summed E-state index contributed by atoms with van der Waals surface area (Å²) in [6.07, 6.45) is 2.58. The lowest BCUT2D eigenvalue weighted by atomic mass is 10.1. The zero-order chi connectivity index (χ0) is 12.0. The quantitative estimate of drug-likeness (QED) is 0.704. The van der Waals surface area contributed by atoms with Crippen LogP contribution in [0.3, 0.4) is 0 Å². The molecule has 1 saturated heterocycles. The average molecular weight is 267 g/mol. The molecular weight excluding hydrogens is 246 g/mol. The van der Waals surface area contributed by atoms with Crippen molar-refractivity contribution in [1.82, 2.24) is 5.32 Å². The largest absolute Gasteiger partial charge is 0.314 e. The molecule has 0 saturated carbocycles. The van der Waals surface area contributed by atoms with Crippen molar-refractivity contribution >= 4 is 20.6 Å². The average Bonchev–Trinajstić information content (AvgIpc) is 2.27. The van der Waals surface area contributed by atoms with Gasteiger partial charge in [0.2, 0.25) is 0 Å². The fourth-order valence-electron chi connectivity index (χ4n) is 1.74. The zero-order valence-corrected chi connectivity index (χ0v) is 11.4. The minimum absolute atomic E-state index is 0.232. The SMILES string of the molecule is CCS(=O)(=O)CCCNC1CCS(=O)CC1. The normalized spacial score (nSPS) is 26.8. The highest BCUT2D eigenvalue weighted by Gasteiger charge is 2.17. The Morgan fingerprint density at radius 2 is 1.94 bits per heavy atom. The summed E-state index contributed by atoms with van der Waals surface area (Å²) in [7, 11) is -3.44. The van der Waals surface area contributed by atoms with Gasteiger partial charge in [0.15, 0.2) is 0 Å². The van der Waals surface area contributed by atoms with Gasteiger partial charge in [0.25, 0.3) is 0 Å². The second-order valence-corrected chi connectivity index (χ2v) is 8.34. The van der Waals surface area contributed by atoms with Crippen LogP contribution in [0.15, 0.2) is 0 Å². The molecule has 0 bridgehead atoms. The van der Waals surface area contributed by atoms with Crippen LogP contribution in [0.4, 0.5) is 0 Å². The Morgan fingerprint density at radius 3 is 2.50 bits per heavy atom. The van der Waals surface area contributed by atoms with Gasteiger partial charge in [0, 0.05) is 34.1 Å². The lowest BCUT2D eigenvalue weighted by Gasteiger charge is -2.22. The summed E-state index contributed by atoms with van der Waals surface area (Å²) in [5, 5.41) is 3.34. The molecule has 1 aliphatic heterocycles. The second kappa shape index (κ2) is 6.71. The van der Waals surface area contributed by atoms with E-state index in [1.165, 1.54) is 0 Å². The van der Waals surface area contributed by atoms with Crippen molar-refractivity contribution in [2.75, 3.05) is 29.6 Å². The molecule has 0 aliphatic carbocycles. The molecule has 0 radical (unpaired) electrons. The number of hydrogen-bond acceptors (Lipinski definition) is 4. The molecule has 0 unspecified atom stereocenters. The van der Waals surface area contributed by atoms with Gasteiger partial charge in [-0.25, -0.2) is 8.42 Å². The molecule has 96 valence electrons. The third-order valence-corrected chi connectivity index (χ3v) is 6.07. The predicted octanol–water partition coefficient (Wildman–Crippen LogP) is 0.312. The van der Waals surface area contributed by atoms with E-state index in [4.69, 9.17) is 0 Å². The Kier molecular flexibility index (Phi) is 5.92. The van der Waals surface area contributed by atoms with Crippen molar-refractivity contribution in [3.8, 4) is 0 Å². The molecule has 16 heavy (non-hydrogen) atoms. The summed E-state index contributed by atoms with van der Waals surface area (Å²) in [6, 6.07) is 0.432. The highest BCUT2D eigenvalue weighted by Crippen LogP contribution is 2.08. The van der Waals surface area contributed by atoms with Gasteiger partial charge in [-0.15, -0.1) is 0 Å². The Bertz CT molecular complexity index is 317. The second-order valence-electron chi connectivity index (χ2n) is 4.17. The minimum atomic E-state index is -2.82. The molecule has 1 N–H and O–H groups in total. The van der Waals surface area contributed by atoms with Crippen LogP contribution in [0, 0.1) is 0 Å². The molecule has 0 aromatic rings. The van der Waals surface area contributed by atoms with E-state index in [2.05, 4.69) is 5.32 Å². The van der Waals surface area contributed by atoms with E-state index in [-0.39, 0.29) is 11.5 Å². The fraction of sp³-hybridized carbons (Fsp3) is 1.00. The minimum Gasteiger partial charge on any atom is -0.314 e. The van der Waals surface area contributed by atoms with Crippen LogP contribution in [0.25, 0.3) is 0 Å². The summed E-state index contributed by atoms with van der Waals surface area (Å²) < 4.78 is 33.6. The topological polar surface area (TPSA) is 63.2 Å². The molecule has 0 aromatic heterocycles. The fourth-order valence-corrected chi connectivity index (χ4v) is 3.91. The highest BCUT2D eigenvalue weighted by atomic mass is 32.2. The molecule has 4 nitrogen and oxygen atoms in total. The summed E-state index contributed by atoms with van der Waals surface area (Å²) in [4.78, 5) is 0. The van der Waals surface area contributed by atoms with Crippen LogP contribution >= 0.6 is 0 Å². The van der Waals surface area contributed by atoms with Crippen LogP contribution in [0.5, 0.6) is 0 Å². The summed E-state index contributed by atoms with van der Waals surface area (Å²) in [5.41, 5.74) is 0. The van der Waals surface area contributed by atoms with Crippen LogP contribution in [-0.2, 0) is 20.6 Å². The van der Waals surface area contributed by atoms with Crippen molar-refractivity contribution in [2.24, 2.45) is 0 Å². The van der Waals surface area contributed by atoms with E-state index in [0.29, 0.717) is 12.5 Å². The van der Waals surface area contributed by atoms with Crippen molar-refractivity contribution in [1.29, 1.82) is 0 Å². The standard InChI is InChI=1S/C10H21NO3S2/c1-2-16(13,14)9-3-6-11-10-4-7-15(12)8-5-10/h10-11H,2-9H2,1H3. The molecule has 1 rings (SSSR count). The van der Waals surface area contributed by atoms with Gasteiger partial charge in [0.1, 0.15) is 9.84 Å². The molecule has 1 fully saturated rings. The van der Waals surface area contributed by atoms with Gasteiger partial charge in [-0.2, -0.15) is 0 Å². The van der Waals surface area contributed by atoms with Crippen molar-refractivity contribution in [3.63, 3.8) is 0 Å². The highest BCUT2D eigenvalue weighted by molar-refractivity contribution is 7.91. The first-order chi connectivity index (χ1) is 7.53. The first kappa shape index (κ1) is 14.1. The Labute approximate surface area is 101 Å². The predicted molar refractivity (Wildman–Crippen MR) is 67.8 cm³/mol. The van der Waals surface area contributed by atoms with Crippen LogP contribution in [0.2, 0.25) is 0 Å². The Hall–Kier alpha value is 0.0600. The summed E-state index contributed by atoms with van der Waals surface area (Å²) >= 11 is 0. The van der Waals surface area contributed by atoms with E-state index >= 15 is 0 Å². The smallest absolute Gasteiger partial charge is 0.150 e. The van der Waals surface area contributed by atoms with E-state index in [1.807, 2.05) is 0 Å². The molecule has 6 heteroatoms. The Balaban J connectivity index is 2.10. The maximum absolute atomic E-state index is 11.2. The summed E-state index contributed by atoms with van der Waals surface area (Å²) in [6.45, 7) is 2.43. The van der Waals surface area contributed by atoms with E-state index in [1.54, 1.807) is 6.92 Å². The number of sulfone groups is 1. The molecule has 1 heterocycles. The monoisotopic (exact) mass is 267 g/mol. The molecule has 0 spiro atoms. The van der Waals surface area contributed by atoms with Gasteiger partial charge < -0.3 is 5.32 Å². The van der Waals surface area contributed by atoms with Gasteiger partial charge in [-0.3, -0.25) is 4.21 Å². The van der Waals surface area contributed by atoms with Crippen molar-refractivity contribution < 1.29 is 12.6 Å². The van der Waals surface area contributed by atoms with Gasteiger partial charge in [-0.1, -0.05) is 6.92 Å². The lowest BCUT2D eigenvalue weighted by molar-refractivity contribution is 0.475. The van der Waals surface area contributed by atoms with Gasteiger partial charge in [0.05, 0.1) is 5.75 Å². The molecular formula is C10H21NO3S2. The van der Waals surface area contributed by atoms with Crippen LogP contribution < -0.4 is 5.32 Å². The maximum Gasteiger partial charge on any atom is 0.150 e. The van der Waals surface area contributed by atoms with E-state index < -0.39 is 20.6 Å². The van der Waals surface area contributed by atoms with Gasteiger partial charge >= 0.3 is 0 Å². The molecule has 0 atom stereocenters. The van der Waals surface area contributed by atoms with Crippen molar-refractivity contribution in [3.05, 3.63) is 0 Å². The maximum atomic E-state index is 11.2. The van der Waals surface area contributed by atoms with Gasteiger partial charge in [-0.05, 0) is 25.8 Å². The molecule has 1 aliphatic rings. The molecule has 0 aromatic carbocycles. The first-order valence-electron chi connectivity index (χ1n) is 5.82. The van der Waals surface area contributed by atoms with Crippen molar-refractivity contribution in [2.45, 2.75) is 32.2 Å². The number of hydrogen-bond donors (Lipinski definition) is 1. The summed E-state index contributed by atoms with van der Waals surface area (Å²) in [5.74, 6) is 2.07. The van der Waals surface area contributed by atoms with Crippen LogP contribution in [0.1, 0.15) is 26.2 Å². The molecule has 0 amide bonds. The first-order valence-corrected chi connectivity index (χ1v) is 9.13. The third-order valence-electron chi connectivity index (χ3n) is 2.89. The number of nitrogens with one attached hydrogen (secondary N) is 1. The number of rotatable bonds is 6. The Morgan fingerprint density at radius 1 is 1.31 bits per heavy atom. The van der Waals surface area contributed by atoms with E-state index in [0.717, 1.165) is 30.9 Å². The zero-order valence-electron chi connectivity index (χ0n) is 9.78. The lowest BCUT2D eigenvalue weighted by Crippen LogP contribution is -2.36.